The topological polar surface area (TPSA) is 116 Å². The number of ether oxygens (including phenoxy) is 2. The molecule has 0 atom stereocenters. The maximum atomic E-state index is 11.7. The monoisotopic (exact) mass is 484 g/mol. The predicted molar refractivity (Wildman–Crippen MR) is 131 cm³/mol. The molecule has 0 radical (unpaired) electrons. The van der Waals surface area contributed by atoms with Gasteiger partial charge in [0, 0.05) is 48.8 Å². The Morgan fingerprint density at radius 2 is 1.17 bits per heavy atom. The van der Waals surface area contributed by atoms with E-state index in [9.17, 15) is 19.5 Å². The first-order chi connectivity index (χ1) is 15.4. The van der Waals surface area contributed by atoms with Crippen molar-refractivity contribution < 1.29 is 29.0 Å². The molecule has 0 amide bonds. The van der Waals surface area contributed by atoms with Crippen molar-refractivity contribution in [2.45, 2.75) is 91.0 Å². The number of aliphatic hydroxyl groups excluding tert-OH is 1. The Morgan fingerprint density at radius 3 is 1.63 bits per heavy atom. The average molecular weight is 485 g/mol. The first kappa shape index (κ1) is 28.1. The lowest BCUT2D eigenvalue weighted by Gasteiger charge is -2.34. The molecule has 2 aliphatic carbocycles. The lowest BCUT2D eigenvalue weighted by Crippen LogP contribution is -2.33. The van der Waals surface area contributed by atoms with Crippen LogP contribution in [-0.4, -0.2) is 38.9 Å². The number of hydrogen-bond donors (Lipinski definition) is 1. The molecule has 2 saturated carbocycles. The van der Waals surface area contributed by atoms with Crippen LogP contribution < -0.4 is 0 Å². The summed E-state index contributed by atoms with van der Waals surface area (Å²) in [6, 6.07) is 3.39. The van der Waals surface area contributed by atoms with Crippen LogP contribution in [0.25, 0.3) is 0 Å². The van der Waals surface area contributed by atoms with Crippen LogP contribution in [0.2, 0.25) is 0 Å². The predicted octanol–water partition coefficient (Wildman–Crippen LogP) is 4.88. The van der Waals surface area contributed by atoms with Gasteiger partial charge < -0.3 is 14.6 Å². The molecular formula is C27H36N2O6. The zero-order valence-corrected chi connectivity index (χ0v) is 17.6. The molecule has 190 valence electrons. The molecule has 0 saturated heterocycles. The third-order valence-corrected chi connectivity index (χ3v) is 7.02. The minimum atomic E-state index is -0.575. The van der Waals surface area contributed by atoms with Crippen molar-refractivity contribution in [1.29, 1.82) is 0 Å². The number of nitrogens with zero attached hydrogens (tertiary/aromatic N) is 2. The van der Waals surface area contributed by atoms with Gasteiger partial charge in [-0.3, -0.25) is 14.8 Å². The molecule has 2 fully saturated rings. The summed E-state index contributed by atoms with van der Waals surface area (Å²) >= 11 is 0. The quantitative estimate of drug-likeness (QED) is 0.526. The van der Waals surface area contributed by atoms with E-state index in [1.807, 2.05) is 0 Å². The number of carbonyl (C=O) groups is 3. The fraction of sp³-hybridized carbons (Fsp3) is 0.519. The second kappa shape index (κ2) is 10.6. The maximum absolute atomic E-state index is 11.7. The first-order valence-corrected chi connectivity index (χ1v) is 11.0. The van der Waals surface area contributed by atoms with Crippen LogP contribution in [0.5, 0.6) is 0 Å². The van der Waals surface area contributed by atoms with E-state index >= 15 is 0 Å². The van der Waals surface area contributed by atoms with Crippen LogP contribution >= 0.6 is 0 Å². The Labute approximate surface area is 207 Å². The summed E-state index contributed by atoms with van der Waals surface area (Å²) in [4.78, 5) is 42.7. The second-order valence-electron chi connectivity index (χ2n) is 8.88. The van der Waals surface area contributed by atoms with Gasteiger partial charge in [0.15, 0.2) is 0 Å². The molecule has 35 heavy (non-hydrogen) atoms. The highest BCUT2D eigenvalue weighted by Crippen LogP contribution is 2.47. The molecule has 8 heteroatoms. The molecule has 8 nitrogen and oxygen atoms in total. The largest absolute Gasteiger partial charge is 0.450 e. The van der Waals surface area contributed by atoms with E-state index in [4.69, 9.17) is 9.47 Å². The molecule has 4 aliphatic rings. The van der Waals surface area contributed by atoms with Gasteiger partial charge in [-0.05, 0) is 50.7 Å². The Morgan fingerprint density at radius 1 is 0.743 bits per heavy atom. The Balaban J connectivity index is 0.000000227. The van der Waals surface area contributed by atoms with Crippen molar-refractivity contribution >= 4 is 17.7 Å². The minimum Gasteiger partial charge on any atom is -0.450 e. The molecule has 2 aliphatic heterocycles. The SMILES string of the molecule is C.C.C.O=C1CCC2(CC1)OC(=O)c1ccncc12.O=C1OC2(CCC(O)CC2)c2cnccc21. The number of ketones is 1. The molecule has 4 heterocycles. The summed E-state index contributed by atoms with van der Waals surface area (Å²) in [5.41, 5.74) is 1.89. The van der Waals surface area contributed by atoms with Crippen molar-refractivity contribution in [2.24, 2.45) is 0 Å². The molecule has 2 aromatic rings. The minimum absolute atomic E-state index is 0. The van der Waals surface area contributed by atoms with Gasteiger partial charge in [-0.15, -0.1) is 0 Å². The smallest absolute Gasteiger partial charge is 0.339 e. The summed E-state index contributed by atoms with van der Waals surface area (Å²) in [6.07, 6.45) is 11.3. The van der Waals surface area contributed by atoms with Gasteiger partial charge in [-0.1, -0.05) is 22.3 Å². The van der Waals surface area contributed by atoms with Gasteiger partial charge in [-0.25, -0.2) is 9.59 Å². The number of esters is 2. The number of aromatic nitrogens is 2. The van der Waals surface area contributed by atoms with Crippen LogP contribution in [0.4, 0.5) is 0 Å². The zero-order valence-electron chi connectivity index (χ0n) is 17.6. The summed E-state index contributed by atoms with van der Waals surface area (Å²) in [5, 5.41) is 9.51. The summed E-state index contributed by atoms with van der Waals surface area (Å²) in [5.74, 6) is -0.292. The molecule has 6 rings (SSSR count). The van der Waals surface area contributed by atoms with Crippen molar-refractivity contribution in [3.8, 4) is 0 Å². The normalized spacial score (nSPS) is 24.9. The third-order valence-electron chi connectivity index (χ3n) is 7.02. The number of hydrogen-bond acceptors (Lipinski definition) is 8. The Kier molecular flexibility index (Phi) is 8.55. The van der Waals surface area contributed by atoms with Crippen molar-refractivity contribution in [3.05, 3.63) is 59.2 Å². The molecule has 1 N–H and O–H groups in total. The zero-order chi connectivity index (χ0) is 22.3. The Bertz CT molecular complexity index is 1080. The molecule has 2 aromatic heterocycles. The number of carbonyl (C=O) groups excluding carboxylic acids is 3. The van der Waals surface area contributed by atoms with Gasteiger partial charge in [0.05, 0.1) is 17.2 Å². The number of Topliss-reactive ketones (excluding diaryl/α,β-unsaturated/α-hetero) is 1. The van der Waals surface area contributed by atoms with Crippen LogP contribution in [0.15, 0.2) is 36.9 Å². The van der Waals surface area contributed by atoms with Crippen LogP contribution in [0.3, 0.4) is 0 Å². The van der Waals surface area contributed by atoms with E-state index in [1.165, 1.54) is 0 Å². The van der Waals surface area contributed by atoms with E-state index in [1.54, 1.807) is 36.9 Å². The molecular weight excluding hydrogens is 448 g/mol. The highest BCUT2D eigenvalue weighted by atomic mass is 16.6. The standard InChI is InChI=1S/C12H13NO3.C12H11NO3.3CH4/c2*14-8-1-4-12(5-2-8)10-7-13-6-3-9(10)11(15)16-12;;;/h3,6-8,14H,1-2,4-5H2;3,6-7H,1-2,4-5H2;3*1H4. The number of pyridine rings is 2. The summed E-state index contributed by atoms with van der Waals surface area (Å²) < 4.78 is 11.0. The van der Waals surface area contributed by atoms with Crippen LogP contribution in [0.1, 0.15) is 105 Å². The summed E-state index contributed by atoms with van der Waals surface area (Å²) in [6.45, 7) is 0. The highest BCUT2D eigenvalue weighted by molar-refractivity contribution is 5.95. The highest BCUT2D eigenvalue weighted by Gasteiger charge is 2.48. The second-order valence-corrected chi connectivity index (χ2v) is 8.88. The van der Waals surface area contributed by atoms with Gasteiger partial charge in [0.25, 0.3) is 0 Å². The van der Waals surface area contributed by atoms with E-state index < -0.39 is 11.2 Å². The summed E-state index contributed by atoms with van der Waals surface area (Å²) in [7, 11) is 0. The number of aliphatic hydroxyl groups is 1. The van der Waals surface area contributed by atoms with Crippen molar-refractivity contribution in [3.63, 3.8) is 0 Å². The lowest BCUT2D eigenvalue weighted by atomic mass is 9.79. The van der Waals surface area contributed by atoms with E-state index in [0.29, 0.717) is 62.5 Å². The lowest BCUT2D eigenvalue weighted by molar-refractivity contribution is -0.125. The van der Waals surface area contributed by atoms with E-state index in [2.05, 4.69) is 9.97 Å². The fourth-order valence-corrected chi connectivity index (χ4v) is 5.19. The van der Waals surface area contributed by atoms with Crippen molar-refractivity contribution in [1.82, 2.24) is 9.97 Å². The molecule has 0 unspecified atom stereocenters. The third kappa shape index (κ3) is 4.85. The molecule has 0 aromatic carbocycles. The van der Waals surface area contributed by atoms with E-state index in [-0.39, 0.29) is 46.1 Å². The molecule has 2 spiro atoms. The van der Waals surface area contributed by atoms with Crippen LogP contribution in [0, 0.1) is 0 Å². The van der Waals surface area contributed by atoms with Gasteiger partial charge in [0.1, 0.15) is 17.0 Å². The number of rotatable bonds is 0. The number of fused-ring (bicyclic) bond motifs is 4. The fourth-order valence-electron chi connectivity index (χ4n) is 5.19. The van der Waals surface area contributed by atoms with Crippen LogP contribution in [-0.2, 0) is 25.5 Å². The maximum Gasteiger partial charge on any atom is 0.339 e. The first-order valence-electron chi connectivity index (χ1n) is 11.0. The van der Waals surface area contributed by atoms with Gasteiger partial charge in [-0.2, -0.15) is 0 Å². The van der Waals surface area contributed by atoms with E-state index in [0.717, 1.165) is 11.1 Å². The average Bonchev–Trinajstić information content (AvgIpc) is 3.25. The molecule has 0 bridgehead atoms. The van der Waals surface area contributed by atoms with Gasteiger partial charge >= 0.3 is 11.9 Å². The van der Waals surface area contributed by atoms with Gasteiger partial charge in [0.2, 0.25) is 0 Å². The van der Waals surface area contributed by atoms with Crippen molar-refractivity contribution in [2.75, 3.05) is 0 Å². The Hall–Kier alpha value is -3.13.